The van der Waals surface area contributed by atoms with Crippen molar-refractivity contribution in [2.24, 2.45) is 0 Å². The second-order valence-corrected chi connectivity index (χ2v) is 12.2. The smallest absolute Gasteiger partial charge is 0.264 e. The molecule has 0 radical (unpaired) electrons. The SMILES string of the molecule is COc1ccc(S(=O)(=O)N2C[C@@H](C(=O)N[C@@H](C)c3ccc(S(C)(=O)=O)cc3)Oc3ccccc32)cc1. The fourth-order valence-electron chi connectivity index (χ4n) is 3.83. The molecule has 0 bridgehead atoms. The van der Waals surface area contributed by atoms with E-state index in [2.05, 4.69) is 5.32 Å². The number of hydrogen-bond acceptors (Lipinski definition) is 7. The molecule has 11 heteroatoms. The minimum Gasteiger partial charge on any atom is -0.497 e. The Kier molecular flexibility index (Phi) is 6.96. The van der Waals surface area contributed by atoms with Gasteiger partial charge < -0.3 is 14.8 Å². The van der Waals surface area contributed by atoms with Gasteiger partial charge in [-0.1, -0.05) is 24.3 Å². The maximum atomic E-state index is 13.5. The van der Waals surface area contributed by atoms with Gasteiger partial charge in [-0.3, -0.25) is 9.10 Å². The third-order valence-corrected chi connectivity index (χ3v) is 8.76. The summed E-state index contributed by atoms with van der Waals surface area (Å²) < 4.78 is 62.6. The molecule has 36 heavy (non-hydrogen) atoms. The van der Waals surface area contributed by atoms with Crippen molar-refractivity contribution in [3.63, 3.8) is 0 Å². The lowest BCUT2D eigenvalue weighted by Gasteiger charge is -2.35. The number of fused-ring (bicyclic) bond motifs is 1. The third kappa shape index (κ3) is 5.17. The van der Waals surface area contributed by atoms with Crippen molar-refractivity contribution in [1.82, 2.24) is 5.32 Å². The first-order chi connectivity index (χ1) is 17.0. The van der Waals surface area contributed by atoms with Crippen LogP contribution in [-0.2, 0) is 24.7 Å². The molecular weight excluding hydrogens is 504 g/mol. The number of carbonyl (C=O) groups excluding carboxylic acids is 1. The zero-order chi connectivity index (χ0) is 26.1. The van der Waals surface area contributed by atoms with Crippen LogP contribution in [0.4, 0.5) is 5.69 Å². The number of nitrogens with zero attached hydrogens (tertiary/aromatic N) is 1. The molecule has 0 aromatic heterocycles. The number of hydrogen-bond donors (Lipinski definition) is 1. The molecule has 1 aliphatic heterocycles. The van der Waals surface area contributed by atoms with E-state index in [1.807, 2.05) is 0 Å². The fraction of sp³-hybridized carbons (Fsp3) is 0.240. The Hall–Kier alpha value is -3.57. The standard InChI is InChI=1S/C25H26N2O7S2/c1-17(18-8-12-20(13-9-18)35(3,29)30)26-25(28)24-16-27(22-6-4-5-7-23(22)34-24)36(31,32)21-14-10-19(33-2)11-15-21/h4-15,17,24H,16H2,1-3H3,(H,26,28)/t17-,24-/m0/s1. The molecule has 0 aliphatic carbocycles. The molecule has 4 rings (SSSR count). The summed E-state index contributed by atoms with van der Waals surface area (Å²) in [4.78, 5) is 13.4. The van der Waals surface area contributed by atoms with E-state index in [9.17, 15) is 21.6 Å². The summed E-state index contributed by atoms with van der Waals surface area (Å²) in [7, 11) is -5.85. The number of anilines is 1. The number of ether oxygens (including phenoxy) is 2. The van der Waals surface area contributed by atoms with Crippen LogP contribution in [0.1, 0.15) is 18.5 Å². The van der Waals surface area contributed by atoms with Gasteiger partial charge in [-0.2, -0.15) is 0 Å². The van der Waals surface area contributed by atoms with Gasteiger partial charge in [0.1, 0.15) is 11.5 Å². The number of para-hydroxylation sites is 2. The summed E-state index contributed by atoms with van der Waals surface area (Å²) in [6.45, 7) is 1.52. The van der Waals surface area contributed by atoms with E-state index in [0.29, 0.717) is 17.0 Å². The van der Waals surface area contributed by atoms with Gasteiger partial charge in [-0.25, -0.2) is 16.8 Å². The average Bonchev–Trinajstić information content (AvgIpc) is 2.87. The quantitative estimate of drug-likeness (QED) is 0.499. The van der Waals surface area contributed by atoms with Crippen LogP contribution >= 0.6 is 0 Å². The lowest BCUT2D eigenvalue weighted by Crippen LogP contribution is -2.51. The van der Waals surface area contributed by atoms with Crippen LogP contribution in [0.25, 0.3) is 0 Å². The highest BCUT2D eigenvalue weighted by Crippen LogP contribution is 2.37. The van der Waals surface area contributed by atoms with Crippen molar-refractivity contribution >= 4 is 31.5 Å². The predicted molar refractivity (Wildman–Crippen MR) is 134 cm³/mol. The molecule has 1 N–H and O–H groups in total. The van der Waals surface area contributed by atoms with E-state index in [1.54, 1.807) is 55.5 Å². The summed E-state index contributed by atoms with van der Waals surface area (Å²) in [5.74, 6) is 0.289. The highest BCUT2D eigenvalue weighted by atomic mass is 32.2. The minimum atomic E-state index is -4.01. The maximum Gasteiger partial charge on any atom is 0.264 e. The van der Waals surface area contributed by atoms with E-state index in [1.165, 1.54) is 35.7 Å². The first-order valence-electron chi connectivity index (χ1n) is 11.0. The van der Waals surface area contributed by atoms with Crippen molar-refractivity contribution in [3.8, 4) is 11.5 Å². The van der Waals surface area contributed by atoms with E-state index < -0.39 is 37.9 Å². The Balaban J connectivity index is 1.57. The summed E-state index contributed by atoms with van der Waals surface area (Å²) in [6.07, 6.45) is 0.0164. The molecule has 1 aliphatic rings. The van der Waals surface area contributed by atoms with Gasteiger partial charge in [0.2, 0.25) is 0 Å². The molecule has 1 heterocycles. The van der Waals surface area contributed by atoms with Gasteiger partial charge in [0, 0.05) is 6.26 Å². The normalized spacial score (nSPS) is 16.4. The summed E-state index contributed by atoms with van der Waals surface area (Å²) in [5, 5.41) is 2.83. The lowest BCUT2D eigenvalue weighted by atomic mass is 10.1. The largest absolute Gasteiger partial charge is 0.497 e. The summed E-state index contributed by atoms with van der Waals surface area (Å²) in [5.41, 5.74) is 1.02. The second-order valence-electron chi connectivity index (χ2n) is 8.36. The van der Waals surface area contributed by atoms with Crippen molar-refractivity contribution in [1.29, 1.82) is 0 Å². The molecule has 0 saturated carbocycles. The molecule has 0 spiro atoms. The summed E-state index contributed by atoms with van der Waals surface area (Å²) >= 11 is 0. The van der Waals surface area contributed by atoms with Gasteiger partial charge in [0.25, 0.3) is 15.9 Å². The first kappa shape index (κ1) is 25.5. The topological polar surface area (TPSA) is 119 Å². The monoisotopic (exact) mass is 530 g/mol. The van der Waals surface area contributed by atoms with Crippen molar-refractivity contribution in [3.05, 3.63) is 78.4 Å². The predicted octanol–water partition coefficient (Wildman–Crippen LogP) is 2.93. The third-order valence-electron chi connectivity index (χ3n) is 5.84. The Bertz CT molecular complexity index is 1470. The highest BCUT2D eigenvalue weighted by molar-refractivity contribution is 7.92. The molecule has 0 unspecified atom stereocenters. The van der Waals surface area contributed by atoms with Crippen molar-refractivity contribution in [2.75, 3.05) is 24.2 Å². The highest BCUT2D eigenvalue weighted by Gasteiger charge is 2.37. The second kappa shape index (κ2) is 9.82. The Morgan fingerprint density at radius 1 is 0.972 bits per heavy atom. The number of carbonyl (C=O) groups is 1. The average molecular weight is 531 g/mol. The Labute approximate surface area is 210 Å². The number of sulfone groups is 1. The molecule has 190 valence electrons. The van der Waals surface area contributed by atoms with E-state index >= 15 is 0 Å². The molecule has 0 saturated heterocycles. The minimum absolute atomic E-state index is 0.0542. The number of benzene rings is 3. The maximum absolute atomic E-state index is 13.5. The van der Waals surface area contributed by atoms with Crippen LogP contribution in [-0.4, -0.2) is 48.8 Å². The molecule has 1 amide bonds. The van der Waals surface area contributed by atoms with Crippen LogP contribution in [0.5, 0.6) is 11.5 Å². The van der Waals surface area contributed by atoms with Gasteiger partial charge in [0.05, 0.1) is 35.2 Å². The van der Waals surface area contributed by atoms with Gasteiger partial charge in [0.15, 0.2) is 15.9 Å². The van der Waals surface area contributed by atoms with Crippen molar-refractivity contribution in [2.45, 2.75) is 28.9 Å². The van der Waals surface area contributed by atoms with E-state index in [-0.39, 0.29) is 22.1 Å². The molecule has 3 aromatic carbocycles. The zero-order valence-corrected chi connectivity index (χ0v) is 21.5. The van der Waals surface area contributed by atoms with Crippen LogP contribution < -0.4 is 19.1 Å². The number of methoxy groups -OCH3 is 1. The number of amides is 1. The zero-order valence-electron chi connectivity index (χ0n) is 19.9. The lowest BCUT2D eigenvalue weighted by molar-refractivity contribution is -0.128. The van der Waals surface area contributed by atoms with Gasteiger partial charge in [-0.05, 0) is 61.0 Å². The Morgan fingerprint density at radius 2 is 1.58 bits per heavy atom. The number of nitrogens with one attached hydrogen (secondary N) is 1. The molecular formula is C25H26N2O7S2. The van der Waals surface area contributed by atoms with Crippen LogP contribution in [0.15, 0.2) is 82.6 Å². The van der Waals surface area contributed by atoms with Crippen LogP contribution in [0.2, 0.25) is 0 Å². The number of rotatable bonds is 7. The van der Waals surface area contributed by atoms with Crippen LogP contribution in [0, 0.1) is 0 Å². The van der Waals surface area contributed by atoms with Gasteiger partial charge >= 0.3 is 0 Å². The Morgan fingerprint density at radius 3 is 2.19 bits per heavy atom. The van der Waals surface area contributed by atoms with Crippen molar-refractivity contribution < 1.29 is 31.1 Å². The molecule has 9 nitrogen and oxygen atoms in total. The van der Waals surface area contributed by atoms with Gasteiger partial charge in [-0.15, -0.1) is 0 Å². The van der Waals surface area contributed by atoms with E-state index in [0.717, 1.165) is 6.26 Å². The molecule has 0 fully saturated rings. The first-order valence-corrected chi connectivity index (χ1v) is 14.4. The fourth-order valence-corrected chi connectivity index (χ4v) is 5.94. The molecule has 2 atom stereocenters. The molecule has 3 aromatic rings. The number of sulfonamides is 1. The van der Waals surface area contributed by atoms with E-state index in [4.69, 9.17) is 9.47 Å². The summed E-state index contributed by atoms with van der Waals surface area (Å²) in [6, 6.07) is 18.4. The van der Waals surface area contributed by atoms with Crippen LogP contribution in [0.3, 0.4) is 0 Å².